The van der Waals surface area contributed by atoms with Gasteiger partial charge in [-0.15, -0.1) is 0 Å². The zero-order valence-corrected chi connectivity index (χ0v) is 28.6. The van der Waals surface area contributed by atoms with Crippen molar-refractivity contribution in [3.63, 3.8) is 0 Å². The second-order valence-corrected chi connectivity index (χ2v) is 14.1. The summed E-state index contributed by atoms with van der Waals surface area (Å²) < 4.78 is 6.77. The molecule has 2 nitrogen and oxygen atoms in total. The van der Waals surface area contributed by atoms with E-state index < -0.39 is 0 Å². The normalized spacial score (nSPS) is 13.1. The first kappa shape index (κ1) is 29.5. The van der Waals surface area contributed by atoms with Crippen molar-refractivity contribution in [3.05, 3.63) is 187 Å². The van der Waals surface area contributed by atoms with Crippen LogP contribution in [0, 0.1) is 0 Å². The van der Waals surface area contributed by atoms with Crippen molar-refractivity contribution in [2.75, 3.05) is 4.90 Å². The van der Waals surface area contributed by atoms with E-state index in [1.54, 1.807) is 0 Å². The number of hydrogen-bond donors (Lipinski definition) is 0. The number of rotatable bonds is 5. The SMILES string of the molecule is CC1(C)c2ccccc2-c2c(N(c3ccc(-c4ccc5ccccc5c4)cc3)c3cccc4oc5c(-c6ccccc6)cccc5c34)cccc21. The maximum Gasteiger partial charge on any atom is 0.143 e. The van der Waals surface area contributed by atoms with Crippen molar-refractivity contribution in [1.29, 1.82) is 0 Å². The minimum atomic E-state index is -0.119. The van der Waals surface area contributed by atoms with E-state index in [0.29, 0.717) is 0 Å². The number of nitrogens with zero attached hydrogens (tertiary/aromatic N) is 1. The molecule has 2 heteroatoms. The van der Waals surface area contributed by atoms with Gasteiger partial charge in [-0.3, -0.25) is 0 Å². The minimum Gasteiger partial charge on any atom is -0.455 e. The van der Waals surface area contributed by atoms with Crippen LogP contribution in [-0.4, -0.2) is 0 Å². The van der Waals surface area contributed by atoms with Gasteiger partial charge in [0.2, 0.25) is 0 Å². The minimum absolute atomic E-state index is 0.119. The molecule has 0 saturated carbocycles. The van der Waals surface area contributed by atoms with Gasteiger partial charge in [0, 0.05) is 27.6 Å². The second-order valence-electron chi connectivity index (χ2n) is 14.1. The van der Waals surface area contributed by atoms with Gasteiger partial charge in [0.05, 0.1) is 16.8 Å². The van der Waals surface area contributed by atoms with Crippen molar-refractivity contribution in [3.8, 4) is 33.4 Å². The molecular formula is C49H35NO. The van der Waals surface area contributed by atoms with Gasteiger partial charge in [-0.1, -0.05) is 153 Å². The fraction of sp³-hybridized carbons (Fsp3) is 0.0612. The Morgan fingerprint density at radius 3 is 2.00 bits per heavy atom. The molecule has 242 valence electrons. The van der Waals surface area contributed by atoms with E-state index in [2.05, 4.69) is 195 Å². The zero-order valence-electron chi connectivity index (χ0n) is 28.6. The molecule has 10 rings (SSSR count). The molecular weight excluding hydrogens is 619 g/mol. The Morgan fingerprint density at radius 1 is 0.471 bits per heavy atom. The number of furan rings is 1. The van der Waals surface area contributed by atoms with Crippen molar-refractivity contribution in [2.45, 2.75) is 19.3 Å². The maximum absolute atomic E-state index is 6.77. The first-order chi connectivity index (χ1) is 25.1. The van der Waals surface area contributed by atoms with Crippen LogP contribution in [0.1, 0.15) is 25.0 Å². The number of anilines is 3. The van der Waals surface area contributed by atoms with Crippen LogP contribution in [0.25, 0.3) is 66.1 Å². The molecule has 0 atom stereocenters. The standard InChI is InChI=1S/C49H35NO/c1-49(2)41-20-9-8-17-39(41)46-42(49)21-11-22-43(46)50(37-29-27-33(28-30-37)36-26-25-32-13-6-7-16-35(32)31-36)44-23-12-24-45-47(44)40-19-10-18-38(48(40)51-45)34-14-4-3-5-15-34/h3-31H,1-2H3. The molecule has 1 aliphatic rings. The van der Waals surface area contributed by atoms with Crippen LogP contribution in [0.2, 0.25) is 0 Å². The van der Waals surface area contributed by atoms with E-state index >= 15 is 0 Å². The van der Waals surface area contributed by atoms with Gasteiger partial charge in [0.25, 0.3) is 0 Å². The molecule has 0 saturated heterocycles. The third-order valence-corrected chi connectivity index (χ3v) is 10.9. The summed E-state index contributed by atoms with van der Waals surface area (Å²) >= 11 is 0. The highest BCUT2D eigenvalue weighted by molar-refractivity contribution is 6.16. The molecule has 0 N–H and O–H groups in total. The summed E-state index contributed by atoms with van der Waals surface area (Å²) in [6.07, 6.45) is 0. The second kappa shape index (κ2) is 11.3. The Kier molecular flexibility index (Phi) is 6.56. The predicted molar refractivity (Wildman–Crippen MR) is 214 cm³/mol. The summed E-state index contributed by atoms with van der Waals surface area (Å²) in [5.74, 6) is 0. The van der Waals surface area contributed by atoms with Gasteiger partial charge >= 0.3 is 0 Å². The van der Waals surface area contributed by atoms with E-state index in [1.165, 1.54) is 44.2 Å². The highest BCUT2D eigenvalue weighted by Gasteiger charge is 2.38. The molecule has 0 unspecified atom stereocenters. The summed E-state index contributed by atoms with van der Waals surface area (Å²) in [7, 11) is 0. The fourth-order valence-corrected chi connectivity index (χ4v) is 8.36. The lowest BCUT2D eigenvalue weighted by atomic mass is 9.82. The van der Waals surface area contributed by atoms with Crippen LogP contribution in [0.15, 0.2) is 180 Å². The summed E-state index contributed by atoms with van der Waals surface area (Å²) in [5.41, 5.74) is 14.9. The maximum atomic E-state index is 6.77. The van der Waals surface area contributed by atoms with Crippen molar-refractivity contribution in [2.24, 2.45) is 0 Å². The summed E-state index contributed by atoms with van der Waals surface area (Å²) in [6.45, 7) is 4.69. The van der Waals surface area contributed by atoms with Gasteiger partial charge in [0.15, 0.2) is 0 Å². The van der Waals surface area contributed by atoms with E-state index in [0.717, 1.165) is 50.1 Å². The van der Waals surface area contributed by atoms with Crippen LogP contribution in [0.4, 0.5) is 17.1 Å². The van der Waals surface area contributed by atoms with E-state index in [1.807, 2.05) is 0 Å². The van der Waals surface area contributed by atoms with E-state index in [9.17, 15) is 0 Å². The molecule has 0 aliphatic heterocycles. The number of para-hydroxylation sites is 1. The third-order valence-electron chi connectivity index (χ3n) is 10.9. The van der Waals surface area contributed by atoms with Crippen LogP contribution in [-0.2, 0) is 5.41 Å². The Hall–Kier alpha value is -6.38. The molecule has 0 bridgehead atoms. The van der Waals surface area contributed by atoms with Gasteiger partial charge in [-0.25, -0.2) is 0 Å². The predicted octanol–water partition coefficient (Wildman–Crippen LogP) is 13.8. The quantitative estimate of drug-likeness (QED) is 0.184. The van der Waals surface area contributed by atoms with Crippen molar-refractivity contribution >= 4 is 49.8 Å². The summed E-state index contributed by atoms with van der Waals surface area (Å²) in [6, 6.07) is 63.6. The Morgan fingerprint density at radius 2 is 1.14 bits per heavy atom. The van der Waals surface area contributed by atoms with E-state index in [4.69, 9.17) is 4.42 Å². The Labute approximate surface area is 297 Å². The van der Waals surface area contributed by atoms with Gasteiger partial charge in [0.1, 0.15) is 11.2 Å². The van der Waals surface area contributed by atoms with Gasteiger partial charge in [-0.2, -0.15) is 0 Å². The molecule has 1 heterocycles. The largest absolute Gasteiger partial charge is 0.455 e. The Balaban J connectivity index is 1.22. The van der Waals surface area contributed by atoms with Crippen LogP contribution in [0.3, 0.4) is 0 Å². The lowest BCUT2D eigenvalue weighted by Gasteiger charge is -2.29. The average molecular weight is 654 g/mol. The highest BCUT2D eigenvalue weighted by Crippen LogP contribution is 2.55. The molecule has 1 aromatic heterocycles. The highest BCUT2D eigenvalue weighted by atomic mass is 16.3. The molecule has 51 heavy (non-hydrogen) atoms. The number of fused-ring (bicyclic) bond motifs is 7. The van der Waals surface area contributed by atoms with E-state index in [-0.39, 0.29) is 5.41 Å². The fourth-order valence-electron chi connectivity index (χ4n) is 8.36. The lowest BCUT2D eigenvalue weighted by Crippen LogP contribution is -2.16. The summed E-state index contributed by atoms with van der Waals surface area (Å²) in [5, 5.41) is 4.70. The molecule has 8 aromatic carbocycles. The smallest absolute Gasteiger partial charge is 0.143 e. The summed E-state index contributed by atoms with van der Waals surface area (Å²) in [4.78, 5) is 2.45. The molecule has 0 fully saturated rings. The average Bonchev–Trinajstić information content (AvgIpc) is 3.68. The van der Waals surface area contributed by atoms with Gasteiger partial charge < -0.3 is 9.32 Å². The van der Waals surface area contributed by atoms with Crippen LogP contribution in [0.5, 0.6) is 0 Å². The molecule has 0 spiro atoms. The first-order valence-corrected chi connectivity index (χ1v) is 17.7. The third kappa shape index (κ3) is 4.57. The van der Waals surface area contributed by atoms with Crippen LogP contribution < -0.4 is 4.90 Å². The first-order valence-electron chi connectivity index (χ1n) is 17.7. The molecule has 0 amide bonds. The van der Waals surface area contributed by atoms with Crippen molar-refractivity contribution < 1.29 is 4.42 Å². The zero-order chi connectivity index (χ0) is 34.1. The monoisotopic (exact) mass is 653 g/mol. The lowest BCUT2D eigenvalue weighted by molar-refractivity contribution is 0.660. The Bertz CT molecular complexity index is 2770. The molecule has 9 aromatic rings. The van der Waals surface area contributed by atoms with Crippen LogP contribution >= 0.6 is 0 Å². The molecule has 0 radical (unpaired) electrons. The van der Waals surface area contributed by atoms with Gasteiger partial charge in [-0.05, 0) is 80.6 Å². The topological polar surface area (TPSA) is 16.4 Å². The number of benzene rings is 8. The van der Waals surface area contributed by atoms with Crippen molar-refractivity contribution in [1.82, 2.24) is 0 Å². The number of hydrogen-bond acceptors (Lipinski definition) is 2. The molecule has 1 aliphatic carbocycles.